The Balaban J connectivity index is 2.03. The van der Waals surface area contributed by atoms with Crippen LogP contribution in [0.5, 0.6) is 0 Å². The number of hydrogen-bond donors (Lipinski definition) is 1. The lowest BCUT2D eigenvalue weighted by atomic mass is 10.2. The van der Waals surface area contributed by atoms with Crippen molar-refractivity contribution in [2.24, 2.45) is 0 Å². The summed E-state index contributed by atoms with van der Waals surface area (Å²) in [5.41, 5.74) is 8.99. The summed E-state index contributed by atoms with van der Waals surface area (Å²) in [4.78, 5) is 16.2. The number of rotatable bonds is 2. The minimum Gasteiger partial charge on any atom is -0.384 e. The van der Waals surface area contributed by atoms with Gasteiger partial charge in [0.25, 0.3) is 5.56 Å². The molecule has 2 heterocycles. The van der Waals surface area contributed by atoms with Crippen molar-refractivity contribution < 1.29 is 0 Å². The predicted molar refractivity (Wildman–Crippen MR) is 70.5 cm³/mol. The van der Waals surface area contributed by atoms with E-state index in [2.05, 4.69) is 4.98 Å². The Kier molecular flexibility index (Phi) is 2.63. The lowest BCUT2D eigenvalue weighted by molar-refractivity contribution is 0.694. The molecule has 0 saturated heterocycles. The summed E-state index contributed by atoms with van der Waals surface area (Å²) in [6.07, 6.45) is 3.18. The highest BCUT2D eigenvalue weighted by atomic mass is 16.1. The highest BCUT2D eigenvalue weighted by molar-refractivity contribution is 5.30. The zero-order valence-corrected chi connectivity index (χ0v) is 10.1. The standard InChI is InChI=1S/C14H15N3O/c15-13-6-2-4-11(16-13)9-17-12-5-1-3-10(12)7-8-14(17)18/h2,4,6-8H,1,3,5,9H2,(H2,15,16). The van der Waals surface area contributed by atoms with Gasteiger partial charge in [0.2, 0.25) is 0 Å². The Morgan fingerprint density at radius 1 is 1.22 bits per heavy atom. The number of nitrogens with zero attached hydrogens (tertiary/aromatic N) is 2. The molecule has 2 aromatic rings. The van der Waals surface area contributed by atoms with E-state index in [0.717, 1.165) is 30.7 Å². The van der Waals surface area contributed by atoms with Crippen molar-refractivity contribution in [3.63, 3.8) is 0 Å². The molecule has 0 saturated carbocycles. The third-order valence-electron chi connectivity index (χ3n) is 3.40. The molecule has 0 amide bonds. The van der Waals surface area contributed by atoms with Gasteiger partial charge in [-0.3, -0.25) is 4.79 Å². The van der Waals surface area contributed by atoms with Crippen molar-refractivity contribution in [1.82, 2.24) is 9.55 Å². The summed E-state index contributed by atoms with van der Waals surface area (Å²) in [6.45, 7) is 0.507. The van der Waals surface area contributed by atoms with E-state index < -0.39 is 0 Å². The van der Waals surface area contributed by atoms with Crippen molar-refractivity contribution in [2.75, 3.05) is 5.73 Å². The molecule has 0 spiro atoms. The second kappa shape index (κ2) is 4.29. The maximum absolute atomic E-state index is 12.0. The monoisotopic (exact) mass is 241 g/mol. The van der Waals surface area contributed by atoms with Crippen molar-refractivity contribution >= 4 is 5.82 Å². The number of pyridine rings is 2. The third-order valence-corrected chi connectivity index (χ3v) is 3.40. The number of hydrogen-bond acceptors (Lipinski definition) is 3. The van der Waals surface area contributed by atoms with Crippen LogP contribution in [0.3, 0.4) is 0 Å². The van der Waals surface area contributed by atoms with Crippen molar-refractivity contribution in [2.45, 2.75) is 25.8 Å². The molecule has 4 heteroatoms. The van der Waals surface area contributed by atoms with Crippen LogP contribution in [0.1, 0.15) is 23.4 Å². The molecule has 0 aromatic carbocycles. The van der Waals surface area contributed by atoms with Crippen LogP contribution in [0, 0.1) is 0 Å². The normalized spacial score (nSPS) is 13.6. The van der Waals surface area contributed by atoms with Gasteiger partial charge in [-0.25, -0.2) is 4.98 Å². The van der Waals surface area contributed by atoms with E-state index in [1.807, 2.05) is 22.8 Å². The lowest BCUT2D eigenvalue weighted by Gasteiger charge is -2.11. The Morgan fingerprint density at radius 3 is 2.94 bits per heavy atom. The molecule has 2 aromatic heterocycles. The van der Waals surface area contributed by atoms with Crippen molar-refractivity contribution in [3.8, 4) is 0 Å². The molecule has 0 radical (unpaired) electrons. The summed E-state index contributed by atoms with van der Waals surface area (Å²) in [7, 11) is 0. The van der Waals surface area contributed by atoms with E-state index in [1.54, 1.807) is 12.1 Å². The molecule has 92 valence electrons. The Labute approximate surface area is 105 Å². The van der Waals surface area contributed by atoms with Gasteiger partial charge in [-0.05, 0) is 37.0 Å². The molecule has 0 atom stereocenters. The number of aryl methyl sites for hydroxylation is 1. The number of nitrogen functional groups attached to an aromatic ring is 1. The van der Waals surface area contributed by atoms with Gasteiger partial charge in [-0.2, -0.15) is 0 Å². The number of anilines is 1. The van der Waals surface area contributed by atoms with Crippen molar-refractivity contribution in [1.29, 1.82) is 0 Å². The zero-order valence-electron chi connectivity index (χ0n) is 10.1. The van der Waals surface area contributed by atoms with E-state index in [-0.39, 0.29) is 5.56 Å². The van der Waals surface area contributed by atoms with Crippen molar-refractivity contribution in [3.05, 3.63) is 57.6 Å². The fraction of sp³-hybridized carbons (Fsp3) is 0.286. The van der Waals surface area contributed by atoms with E-state index in [9.17, 15) is 4.79 Å². The molecule has 0 unspecified atom stereocenters. The summed E-state index contributed by atoms with van der Waals surface area (Å²) >= 11 is 0. The minimum atomic E-state index is 0.0416. The zero-order chi connectivity index (χ0) is 12.5. The largest absolute Gasteiger partial charge is 0.384 e. The fourth-order valence-electron chi connectivity index (χ4n) is 2.56. The maximum Gasteiger partial charge on any atom is 0.251 e. The molecule has 0 fully saturated rings. The summed E-state index contributed by atoms with van der Waals surface area (Å²) < 4.78 is 1.82. The summed E-state index contributed by atoms with van der Waals surface area (Å²) in [5, 5.41) is 0. The Morgan fingerprint density at radius 2 is 2.11 bits per heavy atom. The van der Waals surface area contributed by atoms with Crippen LogP contribution in [0.25, 0.3) is 0 Å². The van der Waals surface area contributed by atoms with Gasteiger partial charge in [0.15, 0.2) is 0 Å². The first kappa shape index (κ1) is 11.0. The van der Waals surface area contributed by atoms with Crippen LogP contribution < -0.4 is 11.3 Å². The van der Waals surface area contributed by atoms with Gasteiger partial charge in [0.05, 0.1) is 12.2 Å². The molecule has 4 nitrogen and oxygen atoms in total. The predicted octanol–water partition coefficient (Wildman–Crippen LogP) is 1.36. The van der Waals surface area contributed by atoms with Crippen LogP contribution in [-0.4, -0.2) is 9.55 Å². The quantitative estimate of drug-likeness (QED) is 0.863. The van der Waals surface area contributed by atoms with Gasteiger partial charge in [-0.15, -0.1) is 0 Å². The first-order chi connectivity index (χ1) is 8.74. The molecule has 18 heavy (non-hydrogen) atoms. The highest BCUT2D eigenvalue weighted by Gasteiger charge is 2.15. The lowest BCUT2D eigenvalue weighted by Crippen LogP contribution is -2.23. The van der Waals surface area contributed by atoms with E-state index in [0.29, 0.717) is 12.4 Å². The number of aromatic nitrogens is 2. The van der Waals surface area contributed by atoms with Gasteiger partial charge in [-0.1, -0.05) is 12.1 Å². The van der Waals surface area contributed by atoms with Crippen LogP contribution >= 0.6 is 0 Å². The molecule has 1 aliphatic rings. The van der Waals surface area contributed by atoms with Gasteiger partial charge in [0.1, 0.15) is 5.82 Å². The number of nitrogens with two attached hydrogens (primary N) is 1. The topological polar surface area (TPSA) is 60.9 Å². The van der Waals surface area contributed by atoms with Gasteiger partial charge >= 0.3 is 0 Å². The smallest absolute Gasteiger partial charge is 0.251 e. The van der Waals surface area contributed by atoms with E-state index >= 15 is 0 Å². The second-order valence-electron chi connectivity index (χ2n) is 4.64. The SMILES string of the molecule is Nc1cccc(Cn2c3c(ccc2=O)CCC3)n1. The van der Waals surface area contributed by atoms with Gasteiger partial charge < -0.3 is 10.3 Å². The average Bonchev–Trinajstić information content (AvgIpc) is 2.81. The Bertz CT molecular complexity index is 646. The van der Waals surface area contributed by atoms with E-state index in [4.69, 9.17) is 5.73 Å². The Hall–Kier alpha value is -2.10. The number of fused-ring (bicyclic) bond motifs is 1. The van der Waals surface area contributed by atoms with Crippen LogP contribution in [-0.2, 0) is 19.4 Å². The summed E-state index contributed by atoms with van der Waals surface area (Å²) in [6, 6.07) is 9.12. The molecule has 0 aliphatic heterocycles. The highest BCUT2D eigenvalue weighted by Crippen LogP contribution is 2.20. The minimum absolute atomic E-state index is 0.0416. The maximum atomic E-state index is 12.0. The average molecular weight is 241 g/mol. The molecule has 0 bridgehead atoms. The van der Waals surface area contributed by atoms with Gasteiger partial charge in [0, 0.05) is 11.8 Å². The van der Waals surface area contributed by atoms with Crippen LogP contribution in [0.15, 0.2) is 35.1 Å². The summed E-state index contributed by atoms with van der Waals surface area (Å²) in [5.74, 6) is 0.494. The first-order valence-electron chi connectivity index (χ1n) is 6.17. The molecular formula is C14H15N3O. The fourth-order valence-corrected chi connectivity index (χ4v) is 2.56. The van der Waals surface area contributed by atoms with Crippen LogP contribution in [0.2, 0.25) is 0 Å². The molecule has 3 rings (SSSR count). The third kappa shape index (κ3) is 1.90. The molecular weight excluding hydrogens is 226 g/mol. The molecule has 2 N–H and O–H groups in total. The molecule has 1 aliphatic carbocycles. The first-order valence-corrected chi connectivity index (χ1v) is 6.17. The second-order valence-corrected chi connectivity index (χ2v) is 4.64. The van der Waals surface area contributed by atoms with Crippen LogP contribution in [0.4, 0.5) is 5.82 Å². The van der Waals surface area contributed by atoms with E-state index in [1.165, 1.54) is 5.56 Å².